The maximum absolute atomic E-state index is 12.6. The molecule has 0 aliphatic carbocycles. The van der Waals surface area contributed by atoms with Gasteiger partial charge in [-0.15, -0.1) is 24.0 Å². The van der Waals surface area contributed by atoms with Crippen molar-refractivity contribution >= 4 is 35.6 Å². The lowest BCUT2D eigenvalue weighted by molar-refractivity contribution is -0.0495. The Morgan fingerprint density at radius 3 is 2.93 bits per heavy atom. The van der Waals surface area contributed by atoms with Gasteiger partial charge in [-0.3, -0.25) is 4.99 Å². The van der Waals surface area contributed by atoms with Gasteiger partial charge in [-0.25, -0.2) is 4.98 Å². The Labute approximate surface area is 186 Å². The van der Waals surface area contributed by atoms with E-state index in [4.69, 9.17) is 0 Å². The van der Waals surface area contributed by atoms with Crippen molar-refractivity contribution in [1.29, 1.82) is 0 Å². The van der Waals surface area contributed by atoms with E-state index in [-0.39, 0.29) is 35.8 Å². The zero-order valence-corrected chi connectivity index (χ0v) is 18.6. The number of alkyl halides is 2. The smallest absolute Gasteiger partial charge is 0.387 e. The minimum Gasteiger partial charge on any atom is -0.433 e. The van der Waals surface area contributed by atoms with Crippen molar-refractivity contribution in [1.82, 2.24) is 20.2 Å². The number of aryl methyl sites for hydroxylation is 1. The van der Waals surface area contributed by atoms with E-state index >= 15 is 0 Å². The van der Waals surface area contributed by atoms with Crippen molar-refractivity contribution in [3.8, 4) is 5.75 Å². The average Bonchev–Trinajstić information content (AvgIpc) is 3.36. The van der Waals surface area contributed by atoms with Crippen LogP contribution in [0.3, 0.4) is 0 Å². The third kappa shape index (κ3) is 7.02. The number of benzene rings is 1. The largest absolute Gasteiger partial charge is 0.433 e. The Morgan fingerprint density at radius 1 is 1.38 bits per heavy atom. The van der Waals surface area contributed by atoms with Gasteiger partial charge in [0.2, 0.25) is 0 Å². The standard InChI is InChI=1S/C19H26F2N6O.HI/c1-22-19(24-8-4-10-26-12-9-23-14-26)25-15-7-11-27(13-15)16-5-2-3-6-17(16)28-18(20)21;/h2-3,5-6,9,12,14-15,18H,4,7-8,10-11,13H2,1H3,(H2,22,24,25);1H. The fourth-order valence-electron chi connectivity index (χ4n) is 3.29. The minimum absolute atomic E-state index is 0. The van der Waals surface area contributed by atoms with Crippen LogP contribution in [0.4, 0.5) is 14.5 Å². The van der Waals surface area contributed by atoms with Gasteiger partial charge in [0, 0.05) is 51.7 Å². The van der Waals surface area contributed by atoms with Gasteiger partial charge in [0.1, 0.15) is 5.75 Å². The van der Waals surface area contributed by atoms with Crippen molar-refractivity contribution in [2.75, 3.05) is 31.6 Å². The monoisotopic (exact) mass is 520 g/mol. The Morgan fingerprint density at radius 2 is 2.21 bits per heavy atom. The Kier molecular flexibility index (Phi) is 9.42. The van der Waals surface area contributed by atoms with Gasteiger partial charge in [0.25, 0.3) is 0 Å². The zero-order valence-electron chi connectivity index (χ0n) is 16.3. The number of hydrogen-bond acceptors (Lipinski definition) is 4. The second kappa shape index (κ2) is 11.8. The lowest BCUT2D eigenvalue weighted by Gasteiger charge is -2.22. The number of para-hydroxylation sites is 2. The van der Waals surface area contributed by atoms with E-state index in [2.05, 4.69) is 30.2 Å². The summed E-state index contributed by atoms with van der Waals surface area (Å²) in [5, 5.41) is 6.72. The zero-order chi connectivity index (χ0) is 19.8. The van der Waals surface area contributed by atoms with Crippen LogP contribution in [0.5, 0.6) is 5.75 Å². The lowest BCUT2D eigenvalue weighted by atomic mass is 10.2. The molecule has 0 radical (unpaired) electrons. The quantitative estimate of drug-likeness (QED) is 0.243. The predicted molar refractivity (Wildman–Crippen MR) is 120 cm³/mol. The molecule has 0 bridgehead atoms. The summed E-state index contributed by atoms with van der Waals surface area (Å²) in [6, 6.07) is 7.09. The molecule has 1 atom stereocenters. The highest BCUT2D eigenvalue weighted by Gasteiger charge is 2.25. The Balaban J connectivity index is 0.00000300. The summed E-state index contributed by atoms with van der Waals surface area (Å²) >= 11 is 0. The molecule has 0 saturated carbocycles. The first-order chi connectivity index (χ1) is 13.7. The van der Waals surface area contributed by atoms with Gasteiger partial charge in [-0.05, 0) is 25.0 Å². The molecule has 7 nitrogen and oxygen atoms in total. The molecule has 10 heteroatoms. The summed E-state index contributed by atoms with van der Waals surface area (Å²) < 4.78 is 32.0. The maximum atomic E-state index is 12.6. The summed E-state index contributed by atoms with van der Waals surface area (Å²) in [5.74, 6) is 0.953. The van der Waals surface area contributed by atoms with E-state index in [9.17, 15) is 8.78 Å². The van der Waals surface area contributed by atoms with Crippen LogP contribution in [0.15, 0.2) is 48.0 Å². The number of nitrogens with zero attached hydrogens (tertiary/aromatic N) is 4. The number of imidazole rings is 1. The second-order valence-electron chi connectivity index (χ2n) is 6.58. The third-order valence-electron chi connectivity index (χ3n) is 4.62. The van der Waals surface area contributed by atoms with Crippen molar-refractivity contribution in [2.45, 2.75) is 32.0 Å². The first kappa shape index (κ1) is 23.2. The fraction of sp³-hybridized carbons (Fsp3) is 0.474. The van der Waals surface area contributed by atoms with Gasteiger partial charge < -0.3 is 24.8 Å². The summed E-state index contributed by atoms with van der Waals surface area (Å²) in [4.78, 5) is 10.4. The summed E-state index contributed by atoms with van der Waals surface area (Å²) in [7, 11) is 1.74. The first-order valence-corrected chi connectivity index (χ1v) is 9.37. The predicted octanol–water partition coefficient (Wildman–Crippen LogP) is 2.94. The van der Waals surface area contributed by atoms with Crippen LogP contribution >= 0.6 is 24.0 Å². The summed E-state index contributed by atoms with van der Waals surface area (Å²) in [5.41, 5.74) is 0.690. The number of guanidine groups is 1. The summed E-state index contributed by atoms with van der Waals surface area (Å²) in [6.45, 7) is 0.308. The molecule has 160 valence electrons. The average molecular weight is 520 g/mol. The number of aromatic nitrogens is 2. The lowest BCUT2D eigenvalue weighted by Crippen LogP contribution is -2.45. The molecule has 29 heavy (non-hydrogen) atoms. The molecule has 0 amide bonds. The van der Waals surface area contributed by atoms with Crippen LogP contribution < -0.4 is 20.3 Å². The van der Waals surface area contributed by atoms with Crippen LogP contribution in [0.2, 0.25) is 0 Å². The van der Waals surface area contributed by atoms with Crippen LogP contribution in [0.25, 0.3) is 0 Å². The minimum atomic E-state index is -2.83. The Bertz CT molecular complexity index is 759. The molecule has 2 heterocycles. The van der Waals surface area contributed by atoms with E-state index in [0.29, 0.717) is 12.2 Å². The highest BCUT2D eigenvalue weighted by Crippen LogP contribution is 2.31. The van der Waals surface area contributed by atoms with Crippen LogP contribution in [-0.4, -0.2) is 54.8 Å². The number of rotatable bonds is 8. The number of ether oxygens (including phenoxy) is 1. The fourth-order valence-corrected chi connectivity index (χ4v) is 3.29. The molecule has 1 aliphatic rings. The van der Waals surface area contributed by atoms with E-state index < -0.39 is 6.61 Å². The van der Waals surface area contributed by atoms with Gasteiger partial charge in [-0.1, -0.05) is 12.1 Å². The molecular formula is C19H27F2IN6O. The van der Waals surface area contributed by atoms with Crippen molar-refractivity contribution < 1.29 is 13.5 Å². The topological polar surface area (TPSA) is 66.7 Å². The van der Waals surface area contributed by atoms with Gasteiger partial charge in [-0.2, -0.15) is 8.78 Å². The molecule has 1 unspecified atom stereocenters. The number of halogens is 3. The van der Waals surface area contributed by atoms with E-state index in [0.717, 1.165) is 38.4 Å². The van der Waals surface area contributed by atoms with E-state index in [1.54, 1.807) is 31.7 Å². The van der Waals surface area contributed by atoms with Gasteiger partial charge >= 0.3 is 6.61 Å². The molecule has 2 aromatic rings. The third-order valence-corrected chi connectivity index (χ3v) is 4.62. The summed E-state index contributed by atoms with van der Waals surface area (Å²) in [6.07, 6.45) is 7.35. The number of aliphatic imine (C=N–C) groups is 1. The maximum Gasteiger partial charge on any atom is 0.387 e. The Hall–Kier alpha value is -2.11. The van der Waals surface area contributed by atoms with Crippen LogP contribution in [0, 0.1) is 0 Å². The molecule has 1 fully saturated rings. The first-order valence-electron chi connectivity index (χ1n) is 9.37. The van der Waals surface area contributed by atoms with Gasteiger partial charge in [0.05, 0.1) is 12.0 Å². The highest BCUT2D eigenvalue weighted by molar-refractivity contribution is 14.0. The number of anilines is 1. The SMILES string of the molecule is CN=C(NCCCn1ccnc1)NC1CCN(c2ccccc2OC(F)F)C1.I. The molecular weight excluding hydrogens is 493 g/mol. The molecule has 3 rings (SSSR count). The normalized spacial score (nSPS) is 16.6. The van der Waals surface area contributed by atoms with E-state index in [1.165, 1.54) is 0 Å². The van der Waals surface area contributed by atoms with Crippen LogP contribution in [0.1, 0.15) is 12.8 Å². The molecule has 0 spiro atoms. The second-order valence-corrected chi connectivity index (χ2v) is 6.58. The number of hydrogen-bond donors (Lipinski definition) is 2. The van der Waals surface area contributed by atoms with Gasteiger partial charge in [0.15, 0.2) is 5.96 Å². The van der Waals surface area contributed by atoms with Crippen molar-refractivity contribution in [2.24, 2.45) is 4.99 Å². The molecule has 1 aromatic heterocycles. The molecule has 1 aromatic carbocycles. The molecule has 1 saturated heterocycles. The van der Waals surface area contributed by atoms with Crippen molar-refractivity contribution in [3.05, 3.63) is 43.0 Å². The van der Waals surface area contributed by atoms with Crippen LogP contribution in [-0.2, 0) is 6.54 Å². The van der Waals surface area contributed by atoms with Crippen molar-refractivity contribution in [3.63, 3.8) is 0 Å². The van der Waals surface area contributed by atoms with E-state index in [1.807, 2.05) is 22.9 Å². The molecule has 1 aliphatic heterocycles. The highest BCUT2D eigenvalue weighted by atomic mass is 127. The molecule has 2 N–H and O–H groups in total. The number of nitrogens with one attached hydrogen (secondary N) is 2.